The molecule has 1 atom stereocenters. The van der Waals surface area contributed by atoms with E-state index in [4.69, 9.17) is 11.5 Å². The van der Waals surface area contributed by atoms with E-state index in [0.29, 0.717) is 6.42 Å². The zero-order valence-corrected chi connectivity index (χ0v) is 8.26. The Morgan fingerprint density at radius 1 is 1.40 bits per heavy atom. The minimum Gasteiger partial charge on any atom is -0.369 e. The molecule has 0 aromatic heterocycles. The Kier molecular flexibility index (Phi) is 4.15. The van der Waals surface area contributed by atoms with Crippen LogP contribution in [0, 0.1) is 0 Å². The quantitative estimate of drug-likeness (QED) is 0.264. The maximum absolute atomic E-state index is 10.7. The van der Waals surface area contributed by atoms with Crippen molar-refractivity contribution in [3.63, 3.8) is 0 Å². The van der Waals surface area contributed by atoms with Gasteiger partial charge in [0.1, 0.15) is 12.3 Å². The number of hydrazone groups is 1. The molecule has 5 nitrogen and oxygen atoms in total. The summed E-state index contributed by atoms with van der Waals surface area (Å²) in [5, 5.41) is 3.58. The summed E-state index contributed by atoms with van der Waals surface area (Å²) in [5.41, 5.74) is 13.9. The molecule has 0 heterocycles. The summed E-state index contributed by atoms with van der Waals surface area (Å²) in [4.78, 5) is 10.7. The summed E-state index contributed by atoms with van der Waals surface area (Å²) in [6, 6.07) is 9.22. The third-order valence-electron chi connectivity index (χ3n) is 1.82. The van der Waals surface area contributed by atoms with E-state index in [1.54, 1.807) is 0 Å². The van der Waals surface area contributed by atoms with E-state index in [9.17, 15) is 4.79 Å². The summed E-state index contributed by atoms with van der Waals surface area (Å²) in [5.74, 6) is -0.0880. The number of hydrogen-bond donors (Lipinski definition) is 3. The Bertz CT molecular complexity index is 333. The molecule has 0 amide bonds. The Morgan fingerprint density at radius 3 is 2.60 bits per heavy atom. The summed E-state index contributed by atoms with van der Waals surface area (Å²) in [6.45, 7) is 0. The van der Waals surface area contributed by atoms with E-state index in [1.807, 2.05) is 30.3 Å². The summed E-state index contributed by atoms with van der Waals surface area (Å²) < 4.78 is 0. The van der Waals surface area contributed by atoms with Crippen LogP contribution in [0.2, 0.25) is 0 Å². The molecule has 1 aromatic rings. The van der Waals surface area contributed by atoms with Crippen LogP contribution in [0.15, 0.2) is 35.4 Å². The van der Waals surface area contributed by atoms with Gasteiger partial charge in [0.25, 0.3) is 0 Å². The number of hydrogen-bond acceptors (Lipinski definition) is 3. The lowest BCUT2D eigenvalue weighted by Crippen LogP contribution is -2.33. The number of rotatable bonds is 5. The third-order valence-corrected chi connectivity index (χ3v) is 1.82. The number of aldehydes is 1. The second-order valence-corrected chi connectivity index (χ2v) is 3.10. The van der Waals surface area contributed by atoms with Gasteiger partial charge in [-0.3, -0.25) is 5.43 Å². The van der Waals surface area contributed by atoms with Crippen molar-refractivity contribution < 1.29 is 4.79 Å². The number of carbonyl (C=O) groups is 1. The van der Waals surface area contributed by atoms with E-state index in [0.717, 1.165) is 11.8 Å². The van der Waals surface area contributed by atoms with Gasteiger partial charge in [-0.2, -0.15) is 0 Å². The standard InChI is InChI=1S/C10H14N4O/c11-10(12)14-13-9(7-15)6-8-4-2-1-3-5-8/h1-5,7,9,13H,6H2,(H4,11,12,14). The summed E-state index contributed by atoms with van der Waals surface area (Å²) in [6.07, 6.45) is 1.33. The second kappa shape index (κ2) is 5.64. The maximum atomic E-state index is 10.7. The molecule has 1 aromatic carbocycles. The van der Waals surface area contributed by atoms with Crippen LogP contribution in [0.3, 0.4) is 0 Å². The van der Waals surface area contributed by atoms with Gasteiger partial charge < -0.3 is 16.3 Å². The van der Waals surface area contributed by atoms with Crippen molar-refractivity contribution in [2.24, 2.45) is 16.6 Å². The van der Waals surface area contributed by atoms with E-state index in [2.05, 4.69) is 10.5 Å². The molecule has 80 valence electrons. The van der Waals surface area contributed by atoms with Crippen LogP contribution in [-0.2, 0) is 11.2 Å². The predicted octanol–water partition coefficient (Wildman–Crippen LogP) is -0.425. The molecule has 0 spiro atoms. The Hall–Kier alpha value is -2.04. The van der Waals surface area contributed by atoms with Crippen LogP contribution >= 0.6 is 0 Å². The van der Waals surface area contributed by atoms with Crippen molar-refractivity contribution in [3.8, 4) is 0 Å². The van der Waals surface area contributed by atoms with Crippen molar-refractivity contribution in [2.45, 2.75) is 12.5 Å². The van der Waals surface area contributed by atoms with Crippen molar-refractivity contribution in [2.75, 3.05) is 0 Å². The van der Waals surface area contributed by atoms with Gasteiger partial charge in [-0.05, 0) is 5.56 Å². The van der Waals surface area contributed by atoms with Gasteiger partial charge in [0.2, 0.25) is 5.96 Å². The molecule has 15 heavy (non-hydrogen) atoms. The lowest BCUT2D eigenvalue weighted by atomic mass is 10.1. The molecule has 0 saturated carbocycles. The van der Waals surface area contributed by atoms with Gasteiger partial charge in [0.15, 0.2) is 0 Å². The molecule has 0 fully saturated rings. The zero-order valence-electron chi connectivity index (χ0n) is 8.26. The minimum atomic E-state index is -0.408. The zero-order chi connectivity index (χ0) is 11.1. The molecule has 1 rings (SSSR count). The first-order valence-corrected chi connectivity index (χ1v) is 4.55. The lowest BCUT2D eigenvalue weighted by Gasteiger charge is -2.09. The first-order valence-electron chi connectivity index (χ1n) is 4.55. The Morgan fingerprint density at radius 2 is 2.07 bits per heavy atom. The maximum Gasteiger partial charge on any atom is 0.208 e. The van der Waals surface area contributed by atoms with Crippen LogP contribution in [0.25, 0.3) is 0 Å². The lowest BCUT2D eigenvalue weighted by molar-refractivity contribution is -0.109. The van der Waals surface area contributed by atoms with E-state index < -0.39 is 6.04 Å². The normalized spacial score (nSPS) is 11.5. The van der Waals surface area contributed by atoms with Crippen LogP contribution in [0.1, 0.15) is 5.56 Å². The molecule has 0 saturated heterocycles. The minimum absolute atomic E-state index is 0.0880. The Labute approximate surface area is 88.1 Å². The third kappa shape index (κ3) is 4.12. The monoisotopic (exact) mass is 206 g/mol. The van der Waals surface area contributed by atoms with Crippen LogP contribution in [0.5, 0.6) is 0 Å². The van der Waals surface area contributed by atoms with Gasteiger partial charge in [0, 0.05) is 6.42 Å². The summed E-state index contributed by atoms with van der Waals surface area (Å²) >= 11 is 0. The van der Waals surface area contributed by atoms with Gasteiger partial charge in [-0.15, -0.1) is 5.10 Å². The Balaban J connectivity index is 2.54. The predicted molar refractivity (Wildman–Crippen MR) is 58.9 cm³/mol. The summed E-state index contributed by atoms with van der Waals surface area (Å²) in [7, 11) is 0. The van der Waals surface area contributed by atoms with E-state index in [-0.39, 0.29) is 5.96 Å². The molecule has 0 aliphatic carbocycles. The van der Waals surface area contributed by atoms with Crippen LogP contribution < -0.4 is 16.9 Å². The van der Waals surface area contributed by atoms with Crippen LogP contribution in [-0.4, -0.2) is 18.3 Å². The van der Waals surface area contributed by atoms with E-state index in [1.165, 1.54) is 0 Å². The molecular formula is C10H14N4O. The van der Waals surface area contributed by atoms with Crippen molar-refractivity contribution in [1.82, 2.24) is 5.43 Å². The fourth-order valence-corrected chi connectivity index (χ4v) is 1.15. The SMILES string of the molecule is NC(N)=NNC(C=O)Cc1ccccc1. The number of carbonyl (C=O) groups excluding carboxylic acids is 1. The highest BCUT2D eigenvalue weighted by Gasteiger charge is 2.06. The second-order valence-electron chi connectivity index (χ2n) is 3.10. The molecule has 0 aliphatic heterocycles. The highest BCUT2D eigenvalue weighted by Crippen LogP contribution is 2.01. The molecule has 1 unspecified atom stereocenters. The van der Waals surface area contributed by atoms with Gasteiger partial charge in [0.05, 0.1) is 0 Å². The first kappa shape index (κ1) is 11.0. The first-order chi connectivity index (χ1) is 7.22. The van der Waals surface area contributed by atoms with Crippen LogP contribution in [0.4, 0.5) is 0 Å². The molecule has 0 aliphatic rings. The number of guanidine groups is 1. The molecule has 5 N–H and O–H groups in total. The fourth-order valence-electron chi connectivity index (χ4n) is 1.15. The number of nitrogens with one attached hydrogen (secondary N) is 1. The van der Waals surface area contributed by atoms with Gasteiger partial charge >= 0.3 is 0 Å². The average molecular weight is 206 g/mol. The highest BCUT2D eigenvalue weighted by molar-refractivity contribution is 5.75. The van der Waals surface area contributed by atoms with Crippen molar-refractivity contribution >= 4 is 12.2 Å². The molecular weight excluding hydrogens is 192 g/mol. The van der Waals surface area contributed by atoms with Crippen molar-refractivity contribution in [3.05, 3.63) is 35.9 Å². The number of nitrogens with two attached hydrogens (primary N) is 2. The van der Waals surface area contributed by atoms with Gasteiger partial charge in [-0.25, -0.2) is 0 Å². The molecule has 5 heteroatoms. The van der Waals surface area contributed by atoms with Gasteiger partial charge in [-0.1, -0.05) is 30.3 Å². The molecule has 0 radical (unpaired) electrons. The smallest absolute Gasteiger partial charge is 0.208 e. The highest BCUT2D eigenvalue weighted by atomic mass is 16.1. The number of nitrogens with zero attached hydrogens (tertiary/aromatic N) is 1. The van der Waals surface area contributed by atoms with Crippen molar-refractivity contribution in [1.29, 1.82) is 0 Å². The fraction of sp³-hybridized carbons (Fsp3) is 0.200. The topological polar surface area (TPSA) is 93.5 Å². The number of benzene rings is 1. The largest absolute Gasteiger partial charge is 0.369 e. The average Bonchev–Trinajstić information content (AvgIpc) is 2.25. The molecule has 0 bridgehead atoms. The van der Waals surface area contributed by atoms with E-state index >= 15 is 0 Å².